The summed E-state index contributed by atoms with van der Waals surface area (Å²) in [6.07, 6.45) is 8.08. The largest absolute Gasteiger partial charge is 0.495 e. The van der Waals surface area contributed by atoms with E-state index in [4.69, 9.17) is 42.1 Å². The minimum atomic E-state index is -3.77. The molecule has 2 heterocycles. The molecular formula is C34H39Cl2F2N3O7S. The first kappa shape index (κ1) is 36.9. The standard InChI is InChI=1S/C34H39Cl2F2N3O7S/c1-45-29-10-9-24(16-28(29)41(49(2,43)44)15-14-40-12-4-3-5-13-40)33(42)47-31(18-25-26(35)19-39-20-27(25)36)23-8-11-30(48-34(37)38)32(17-23)46-21-22-6-7-22/h8-11,16-17,19-20,22,31,34H,3-7,12-15,18,21H2,1-2H3/t31-/m0/s1. The van der Waals surface area contributed by atoms with Crippen LogP contribution in [-0.4, -0.2) is 77.0 Å². The lowest BCUT2D eigenvalue weighted by atomic mass is 10.0. The molecule has 0 amide bonds. The van der Waals surface area contributed by atoms with Gasteiger partial charge in [0.25, 0.3) is 0 Å². The van der Waals surface area contributed by atoms with Gasteiger partial charge in [-0.3, -0.25) is 9.29 Å². The Morgan fingerprint density at radius 2 is 1.71 bits per heavy atom. The van der Waals surface area contributed by atoms with E-state index in [1.807, 2.05) is 0 Å². The maximum absolute atomic E-state index is 13.9. The molecule has 0 unspecified atom stereocenters. The molecule has 0 radical (unpaired) electrons. The summed E-state index contributed by atoms with van der Waals surface area (Å²) in [5, 5.41) is 0.473. The first-order chi connectivity index (χ1) is 23.4. The SMILES string of the molecule is COc1ccc(C(=O)O[C@@H](Cc2c(Cl)cncc2Cl)c2ccc(OC(F)F)c(OCC3CC3)c2)cc1N(CCN1CCCCC1)S(C)(=O)=O. The second-order valence-electron chi connectivity index (χ2n) is 12.1. The molecule has 1 saturated carbocycles. The van der Waals surface area contributed by atoms with Crippen LogP contribution in [-0.2, 0) is 21.2 Å². The van der Waals surface area contributed by atoms with Crippen molar-refractivity contribution >= 4 is 44.9 Å². The number of aromatic nitrogens is 1. The molecule has 0 bridgehead atoms. The number of methoxy groups -OCH3 is 1. The summed E-state index contributed by atoms with van der Waals surface area (Å²) in [5.74, 6) is -0.286. The molecule has 266 valence electrons. The second kappa shape index (κ2) is 16.5. The molecule has 1 aliphatic carbocycles. The van der Waals surface area contributed by atoms with Crippen molar-refractivity contribution in [2.75, 3.05) is 50.5 Å². The highest BCUT2D eigenvalue weighted by Gasteiger charge is 2.28. The maximum Gasteiger partial charge on any atom is 0.387 e. The van der Waals surface area contributed by atoms with E-state index >= 15 is 0 Å². The highest BCUT2D eigenvalue weighted by Crippen LogP contribution is 2.39. The van der Waals surface area contributed by atoms with Crippen molar-refractivity contribution in [1.82, 2.24) is 9.88 Å². The highest BCUT2D eigenvalue weighted by molar-refractivity contribution is 7.92. The molecule has 1 atom stereocenters. The summed E-state index contributed by atoms with van der Waals surface area (Å²) >= 11 is 12.9. The van der Waals surface area contributed by atoms with Crippen molar-refractivity contribution in [3.63, 3.8) is 0 Å². The Hall–Kier alpha value is -3.39. The van der Waals surface area contributed by atoms with E-state index in [0.29, 0.717) is 30.2 Å². The van der Waals surface area contributed by atoms with E-state index < -0.39 is 28.7 Å². The molecule has 0 spiro atoms. The number of carbonyl (C=O) groups excluding carboxylic acids is 1. The van der Waals surface area contributed by atoms with E-state index in [9.17, 15) is 22.0 Å². The van der Waals surface area contributed by atoms with Crippen LogP contribution in [0.3, 0.4) is 0 Å². The van der Waals surface area contributed by atoms with E-state index in [2.05, 4.69) is 9.88 Å². The number of esters is 1. The molecule has 3 aromatic rings. The summed E-state index contributed by atoms with van der Waals surface area (Å²) in [7, 11) is -2.35. The molecule has 5 rings (SSSR count). The molecule has 1 aromatic heterocycles. The average molecular weight is 743 g/mol. The van der Waals surface area contributed by atoms with E-state index in [0.717, 1.165) is 51.4 Å². The van der Waals surface area contributed by atoms with Gasteiger partial charge < -0.3 is 23.8 Å². The van der Waals surface area contributed by atoms with Crippen LogP contribution in [0.2, 0.25) is 10.0 Å². The van der Waals surface area contributed by atoms with Crippen LogP contribution < -0.4 is 18.5 Å². The molecule has 2 aromatic carbocycles. The number of likely N-dealkylation sites (tertiary alicyclic amines) is 1. The Morgan fingerprint density at radius 3 is 2.35 bits per heavy atom. The average Bonchev–Trinajstić information content (AvgIpc) is 3.90. The third-order valence-electron chi connectivity index (χ3n) is 8.47. The third kappa shape index (κ3) is 10.1. The molecule has 49 heavy (non-hydrogen) atoms. The summed E-state index contributed by atoms with van der Waals surface area (Å²) in [4.78, 5) is 20.1. The Labute approximate surface area is 295 Å². The predicted octanol–water partition coefficient (Wildman–Crippen LogP) is 7.18. The Balaban J connectivity index is 1.47. The van der Waals surface area contributed by atoms with Crippen LogP contribution in [0.1, 0.15) is 59.7 Å². The molecule has 15 heteroatoms. The number of anilines is 1. The van der Waals surface area contributed by atoms with Crippen LogP contribution >= 0.6 is 23.2 Å². The number of piperidine rings is 1. The van der Waals surface area contributed by atoms with Gasteiger partial charge in [-0.1, -0.05) is 35.7 Å². The van der Waals surface area contributed by atoms with Gasteiger partial charge in [0.15, 0.2) is 11.5 Å². The number of pyridine rings is 1. The lowest BCUT2D eigenvalue weighted by Crippen LogP contribution is -2.40. The molecular weight excluding hydrogens is 703 g/mol. The lowest BCUT2D eigenvalue weighted by Gasteiger charge is -2.30. The minimum absolute atomic E-state index is 0.00263. The number of nitrogens with zero attached hydrogens (tertiary/aromatic N) is 3. The van der Waals surface area contributed by atoms with Gasteiger partial charge in [0.2, 0.25) is 10.0 Å². The normalized spacial score (nSPS) is 15.9. The van der Waals surface area contributed by atoms with Crippen molar-refractivity contribution in [2.24, 2.45) is 5.92 Å². The number of carbonyl (C=O) groups is 1. The van der Waals surface area contributed by atoms with Crippen LogP contribution in [0.25, 0.3) is 0 Å². The predicted molar refractivity (Wildman–Crippen MR) is 183 cm³/mol. The summed E-state index contributed by atoms with van der Waals surface area (Å²) in [6.45, 7) is -0.317. The Kier molecular flexibility index (Phi) is 12.5. The molecule has 2 aliphatic rings. The minimum Gasteiger partial charge on any atom is -0.495 e. The third-order valence-corrected chi connectivity index (χ3v) is 10.3. The second-order valence-corrected chi connectivity index (χ2v) is 14.9. The van der Waals surface area contributed by atoms with Gasteiger partial charge in [-0.25, -0.2) is 13.2 Å². The smallest absolute Gasteiger partial charge is 0.387 e. The molecule has 1 aliphatic heterocycles. The van der Waals surface area contributed by atoms with Crippen molar-refractivity contribution in [3.8, 4) is 17.2 Å². The highest BCUT2D eigenvalue weighted by atomic mass is 35.5. The fourth-order valence-electron chi connectivity index (χ4n) is 5.66. The summed E-state index contributed by atoms with van der Waals surface area (Å²) in [5.41, 5.74) is 1.10. The number of ether oxygens (including phenoxy) is 4. The van der Waals surface area contributed by atoms with E-state index in [1.54, 1.807) is 0 Å². The molecule has 0 N–H and O–H groups in total. The van der Waals surface area contributed by atoms with Gasteiger partial charge in [0, 0.05) is 31.9 Å². The Bertz CT molecular complexity index is 1700. The Morgan fingerprint density at radius 1 is 1.02 bits per heavy atom. The topological polar surface area (TPSA) is 108 Å². The van der Waals surface area contributed by atoms with Gasteiger partial charge >= 0.3 is 12.6 Å². The number of benzene rings is 2. The van der Waals surface area contributed by atoms with Gasteiger partial charge in [0.1, 0.15) is 11.9 Å². The summed E-state index contributed by atoms with van der Waals surface area (Å²) in [6, 6.07) is 8.73. The van der Waals surface area contributed by atoms with Gasteiger partial charge in [-0.05, 0) is 86.1 Å². The van der Waals surface area contributed by atoms with E-state index in [1.165, 1.54) is 60.2 Å². The maximum atomic E-state index is 13.9. The van der Waals surface area contributed by atoms with Crippen LogP contribution in [0, 0.1) is 5.92 Å². The first-order valence-electron chi connectivity index (χ1n) is 16.0. The van der Waals surface area contributed by atoms with Gasteiger partial charge in [-0.15, -0.1) is 0 Å². The fourth-order valence-corrected chi connectivity index (χ4v) is 7.09. The van der Waals surface area contributed by atoms with Crippen molar-refractivity contribution in [1.29, 1.82) is 0 Å². The fraction of sp³-hybridized carbons (Fsp3) is 0.471. The zero-order valence-corrected chi connectivity index (χ0v) is 29.6. The van der Waals surface area contributed by atoms with Gasteiger partial charge in [0.05, 0.1) is 41.3 Å². The van der Waals surface area contributed by atoms with Gasteiger partial charge in [-0.2, -0.15) is 8.78 Å². The van der Waals surface area contributed by atoms with E-state index in [-0.39, 0.29) is 51.5 Å². The monoisotopic (exact) mass is 741 g/mol. The molecule has 1 saturated heterocycles. The molecule has 10 nitrogen and oxygen atoms in total. The van der Waals surface area contributed by atoms with Crippen LogP contribution in [0.4, 0.5) is 14.5 Å². The van der Waals surface area contributed by atoms with Crippen molar-refractivity contribution < 1.29 is 40.9 Å². The number of halogens is 4. The lowest BCUT2D eigenvalue weighted by molar-refractivity contribution is -0.0515. The van der Waals surface area contributed by atoms with Crippen LogP contribution in [0.5, 0.6) is 17.2 Å². The summed E-state index contributed by atoms with van der Waals surface area (Å²) < 4.78 is 75.9. The zero-order valence-electron chi connectivity index (χ0n) is 27.2. The van der Waals surface area contributed by atoms with Crippen molar-refractivity contribution in [3.05, 3.63) is 75.5 Å². The number of sulfonamides is 1. The first-order valence-corrected chi connectivity index (χ1v) is 18.6. The zero-order chi connectivity index (χ0) is 35.1. The number of hydrogen-bond donors (Lipinski definition) is 0. The quantitative estimate of drug-likeness (QED) is 0.141. The number of hydrogen-bond acceptors (Lipinski definition) is 9. The van der Waals surface area contributed by atoms with Crippen LogP contribution in [0.15, 0.2) is 48.8 Å². The van der Waals surface area contributed by atoms with Crippen molar-refractivity contribution in [2.45, 2.75) is 51.2 Å². The number of rotatable bonds is 16. The molecule has 2 fully saturated rings. The number of alkyl halides is 2.